The molecule has 4 nitrogen and oxygen atoms in total. The molecule has 5 heteroatoms. The molecule has 0 spiro atoms. The van der Waals surface area contributed by atoms with Gasteiger partial charge in [-0.25, -0.2) is 4.98 Å². The smallest absolute Gasteiger partial charge is 0.229 e. The van der Waals surface area contributed by atoms with E-state index in [0.29, 0.717) is 10.8 Å². The summed E-state index contributed by atoms with van der Waals surface area (Å²) >= 11 is 1.46. The van der Waals surface area contributed by atoms with Crippen LogP contribution < -0.4 is 11.1 Å². The zero-order valence-corrected chi connectivity index (χ0v) is 12.7. The Morgan fingerprint density at radius 1 is 1.29 bits per heavy atom. The van der Waals surface area contributed by atoms with E-state index < -0.39 is 0 Å². The van der Waals surface area contributed by atoms with E-state index >= 15 is 0 Å². The maximum atomic E-state index is 12.2. The van der Waals surface area contributed by atoms with E-state index in [1.165, 1.54) is 17.8 Å². The summed E-state index contributed by atoms with van der Waals surface area (Å²) in [4.78, 5) is 16.7. The fourth-order valence-electron chi connectivity index (χ4n) is 2.73. The molecular weight excluding hydrogens is 282 g/mol. The Balaban J connectivity index is 1.69. The molecule has 1 aromatic heterocycles. The Hall–Kier alpha value is -1.88. The van der Waals surface area contributed by atoms with E-state index in [1.54, 1.807) is 0 Å². The number of thiazole rings is 1. The number of amides is 1. The molecule has 0 unspecified atom stereocenters. The molecule has 0 bridgehead atoms. The lowest BCUT2D eigenvalue weighted by molar-refractivity contribution is -0.120. The molecule has 3 N–H and O–H groups in total. The van der Waals surface area contributed by atoms with Gasteiger partial charge in [0.2, 0.25) is 5.91 Å². The van der Waals surface area contributed by atoms with E-state index in [1.807, 2.05) is 29.6 Å². The monoisotopic (exact) mass is 301 g/mol. The number of hydrogen-bond acceptors (Lipinski definition) is 4. The van der Waals surface area contributed by atoms with Gasteiger partial charge in [-0.2, -0.15) is 0 Å². The molecular formula is C16H19N3OS. The largest absolute Gasteiger partial charge is 0.399 e. The van der Waals surface area contributed by atoms with Crippen LogP contribution in [0.2, 0.25) is 0 Å². The van der Waals surface area contributed by atoms with Gasteiger partial charge in [0.15, 0.2) is 5.13 Å². The predicted molar refractivity (Wildman–Crippen MR) is 87.2 cm³/mol. The standard InChI is InChI=1S/C16H19N3OS/c17-13-8-4-7-12(9-13)14-10-21-16(18-14)19-15(20)11-5-2-1-3-6-11/h4,7-11H,1-3,5-6,17H2,(H,18,19,20). The van der Waals surface area contributed by atoms with Crippen LogP contribution in [0.15, 0.2) is 29.6 Å². The lowest BCUT2D eigenvalue weighted by atomic mass is 9.89. The van der Waals surface area contributed by atoms with Crippen LogP contribution in [-0.4, -0.2) is 10.9 Å². The molecule has 1 amide bonds. The molecule has 3 rings (SSSR count). The van der Waals surface area contributed by atoms with Gasteiger partial charge in [-0.1, -0.05) is 31.4 Å². The van der Waals surface area contributed by atoms with Crippen molar-refractivity contribution in [1.29, 1.82) is 0 Å². The van der Waals surface area contributed by atoms with Crippen LogP contribution in [0.3, 0.4) is 0 Å². The number of nitrogens with one attached hydrogen (secondary N) is 1. The summed E-state index contributed by atoms with van der Waals surface area (Å²) in [5.41, 5.74) is 8.33. The Kier molecular flexibility index (Phi) is 4.20. The minimum atomic E-state index is 0.114. The quantitative estimate of drug-likeness (QED) is 0.845. The van der Waals surface area contributed by atoms with Crippen molar-refractivity contribution in [2.45, 2.75) is 32.1 Å². The van der Waals surface area contributed by atoms with Gasteiger partial charge in [0.05, 0.1) is 5.69 Å². The summed E-state index contributed by atoms with van der Waals surface area (Å²) < 4.78 is 0. The molecule has 0 atom stereocenters. The van der Waals surface area contributed by atoms with E-state index in [0.717, 1.165) is 36.9 Å². The van der Waals surface area contributed by atoms with E-state index in [9.17, 15) is 4.79 Å². The van der Waals surface area contributed by atoms with Crippen LogP contribution in [-0.2, 0) is 4.79 Å². The Morgan fingerprint density at radius 2 is 2.10 bits per heavy atom. The third-order valence-corrected chi connectivity index (χ3v) is 4.65. The highest BCUT2D eigenvalue weighted by molar-refractivity contribution is 7.14. The minimum Gasteiger partial charge on any atom is -0.399 e. The Labute approximate surface area is 128 Å². The van der Waals surface area contributed by atoms with Crippen molar-refractivity contribution < 1.29 is 4.79 Å². The van der Waals surface area contributed by atoms with Gasteiger partial charge in [-0.15, -0.1) is 11.3 Å². The average molecular weight is 301 g/mol. The van der Waals surface area contributed by atoms with Crippen LogP contribution in [0.5, 0.6) is 0 Å². The minimum absolute atomic E-state index is 0.114. The number of nitrogen functional groups attached to an aromatic ring is 1. The molecule has 0 radical (unpaired) electrons. The van der Waals surface area contributed by atoms with E-state index in [-0.39, 0.29) is 11.8 Å². The van der Waals surface area contributed by atoms with Gasteiger partial charge in [-0.3, -0.25) is 4.79 Å². The van der Waals surface area contributed by atoms with Crippen molar-refractivity contribution in [1.82, 2.24) is 4.98 Å². The van der Waals surface area contributed by atoms with Crippen molar-refractivity contribution in [3.8, 4) is 11.3 Å². The fraction of sp³-hybridized carbons (Fsp3) is 0.375. The van der Waals surface area contributed by atoms with Crippen LogP contribution in [0.1, 0.15) is 32.1 Å². The maximum Gasteiger partial charge on any atom is 0.229 e. The second kappa shape index (κ2) is 6.26. The number of rotatable bonds is 3. The average Bonchev–Trinajstić information content (AvgIpc) is 2.97. The molecule has 1 saturated carbocycles. The molecule has 0 saturated heterocycles. The number of anilines is 2. The first-order valence-electron chi connectivity index (χ1n) is 7.35. The molecule has 1 aromatic carbocycles. The second-order valence-electron chi connectivity index (χ2n) is 5.49. The molecule has 2 aromatic rings. The third kappa shape index (κ3) is 3.42. The lowest BCUT2D eigenvalue weighted by Crippen LogP contribution is -2.24. The normalized spacial score (nSPS) is 15.8. The number of aromatic nitrogens is 1. The summed E-state index contributed by atoms with van der Waals surface area (Å²) in [6.07, 6.45) is 5.56. The molecule has 1 heterocycles. The summed E-state index contributed by atoms with van der Waals surface area (Å²) in [7, 11) is 0. The number of hydrogen-bond donors (Lipinski definition) is 2. The lowest BCUT2D eigenvalue weighted by Gasteiger charge is -2.19. The van der Waals surface area contributed by atoms with Gasteiger partial charge < -0.3 is 11.1 Å². The van der Waals surface area contributed by atoms with Crippen LogP contribution in [0.4, 0.5) is 10.8 Å². The van der Waals surface area contributed by atoms with E-state index in [2.05, 4.69) is 10.3 Å². The highest BCUT2D eigenvalue weighted by Gasteiger charge is 2.21. The molecule has 1 aliphatic rings. The molecule has 21 heavy (non-hydrogen) atoms. The van der Waals surface area contributed by atoms with Crippen molar-refractivity contribution >= 4 is 28.1 Å². The molecule has 1 aliphatic carbocycles. The van der Waals surface area contributed by atoms with Crippen LogP contribution in [0.25, 0.3) is 11.3 Å². The van der Waals surface area contributed by atoms with Gasteiger partial charge in [-0.05, 0) is 25.0 Å². The summed E-state index contributed by atoms with van der Waals surface area (Å²) in [6.45, 7) is 0. The maximum absolute atomic E-state index is 12.2. The zero-order chi connectivity index (χ0) is 14.7. The van der Waals surface area contributed by atoms with Crippen molar-refractivity contribution in [2.24, 2.45) is 5.92 Å². The number of carbonyl (C=O) groups excluding carboxylic acids is 1. The van der Waals surface area contributed by atoms with Crippen LogP contribution in [0, 0.1) is 5.92 Å². The number of carbonyl (C=O) groups is 1. The molecule has 110 valence electrons. The van der Waals surface area contributed by atoms with E-state index in [4.69, 9.17) is 5.73 Å². The first-order valence-corrected chi connectivity index (χ1v) is 8.22. The van der Waals surface area contributed by atoms with Gasteiger partial charge in [0, 0.05) is 22.5 Å². The van der Waals surface area contributed by atoms with Crippen molar-refractivity contribution in [3.05, 3.63) is 29.6 Å². The summed E-state index contributed by atoms with van der Waals surface area (Å²) in [6, 6.07) is 7.62. The summed E-state index contributed by atoms with van der Waals surface area (Å²) in [5, 5.41) is 5.57. The highest BCUT2D eigenvalue weighted by atomic mass is 32.1. The number of nitrogens with two attached hydrogens (primary N) is 1. The van der Waals surface area contributed by atoms with Crippen LogP contribution >= 0.6 is 11.3 Å². The predicted octanol–water partition coefficient (Wildman–Crippen LogP) is 3.91. The SMILES string of the molecule is Nc1cccc(-c2csc(NC(=O)C3CCCCC3)n2)c1. The zero-order valence-electron chi connectivity index (χ0n) is 11.8. The molecule has 0 aliphatic heterocycles. The van der Waals surface area contributed by atoms with Crippen molar-refractivity contribution in [2.75, 3.05) is 11.1 Å². The summed E-state index contributed by atoms with van der Waals surface area (Å²) in [5.74, 6) is 0.265. The Morgan fingerprint density at radius 3 is 2.86 bits per heavy atom. The highest BCUT2D eigenvalue weighted by Crippen LogP contribution is 2.28. The first kappa shape index (κ1) is 14.1. The van der Waals surface area contributed by atoms with Gasteiger partial charge in [0.25, 0.3) is 0 Å². The molecule has 1 fully saturated rings. The number of nitrogens with zero attached hydrogens (tertiary/aromatic N) is 1. The third-order valence-electron chi connectivity index (χ3n) is 3.89. The Bertz CT molecular complexity index is 632. The first-order chi connectivity index (χ1) is 10.2. The second-order valence-corrected chi connectivity index (χ2v) is 6.35. The topological polar surface area (TPSA) is 68.0 Å². The fourth-order valence-corrected chi connectivity index (χ4v) is 3.46. The number of benzene rings is 1. The van der Waals surface area contributed by atoms with Gasteiger partial charge in [0.1, 0.15) is 0 Å². The van der Waals surface area contributed by atoms with Crippen molar-refractivity contribution in [3.63, 3.8) is 0 Å². The van der Waals surface area contributed by atoms with Gasteiger partial charge >= 0.3 is 0 Å².